The molecule has 2 aromatic heterocycles. The van der Waals surface area contributed by atoms with E-state index in [1.165, 1.54) is 0 Å². The van der Waals surface area contributed by atoms with Crippen molar-refractivity contribution in [2.24, 2.45) is 0 Å². The van der Waals surface area contributed by atoms with E-state index in [0.29, 0.717) is 30.7 Å². The van der Waals surface area contributed by atoms with Gasteiger partial charge in [0.2, 0.25) is 11.8 Å². The van der Waals surface area contributed by atoms with Gasteiger partial charge in [-0.1, -0.05) is 0 Å². The lowest BCUT2D eigenvalue weighted by Gasteiger charge is -2.29. The van der Waals surface area contributed by atoms with Gasteiger partial charge < -0.3 is 18.9 Å². The zero-order valence-corrected chi connectivity index (χ0v) is 16.3. The first-order valence-electron chi connectivity index (χ1n) is 9.83. The molecule has 8 heteroatoms. The Kier molecular flexibility index (Phi) is 5.90. The van der Waals surface area contributed by atoms with Crippen LogP contribution in [0.5, 0.6) is 5.75 Å². The normalized spacial score (nSPS) is 15.3. The van der Waals surface area contributed by atoms with Gasteiger partial charge in [0.25, 0.3) is 5.89 Å². The zero-order valence-electron chi connectivity index (χ0n) is 16.3. The van der Waals surface area contributed by atoms with E-state index in [0.717, 1.165) is 37.4 Å². The van der Waals surface area contributed by atoms with Crippen LogP contribution in [0.15, 0.2) is 51.5 Å². The molecule has 0 atom stereocenters. The number of rotatable bonds is 7. The van der Waals surface area contributed by atoms with Crippen molar-refractivity contribution in [3.8, 4) is 17.4 Å². The number of nitrogens with zero attached hydrogens (tertiary/aromatic N) is 3. The quantitative estimate of drug-likeness (QED) is 0.653. The highest BCUT2D eigenvalue weighted by Gasteiger charge is 2.26. The predicted octanol–water partition coefficient (Wildman–Crippen LogP) is 3.55. The fourth-order valence-electron chi connectivity index (χ4n) is 3.44. The molecule has 0 aliphatic carbocycles. The van der Waals surface area contributed by atoms with E-state index >= 15 is 0 Å². The number of hydrogen-bond acceptors (Lipinski definition) is 7. The Morgan fingerprint density at radius 1 is 1.21 bits per heavy atom. The average Bonchev–Trinajstić information content (AvgIpc) is 3.42. The Morgan fingerprint density at radius 3 is 2.69 bits per heavy atom. The summed E-state index contributed by atoms with van der Waals surface area (Å²) in [6, 6.07) is 11.0. The molecule has 1 N–H and O–H groups in total. The molecule has 1 aliphatic rings. The second-order valence-electron chi connectivity index (χ2n) is 6.98. The number of carbonyl (C=O) groups excluding carboxylic acids is 1. The van der Waals surface area contributed by atoms with Crippen LogP contribution < -0.4 is 10.1 Å². The van der Waals surface area contributed by atoms with Crippen molar-refractivity contribution in [2.75, 3.05) is 31.6 Å². The second-order valence-corrected chi connectivity index (χ2v) is 6.98. The molecule has 0 bridgehead atoms. The van der Waals surface area contributed by atoms with Crippen molar-refractivity contribution in [1.82, 2.24) is 15.1 Å². The largest absolute Gasteiger partial charge is 0.494 e. The fraction of sp³-hybridized carbons (Fsp3) is 0.381. The summed E-state index contributed by atoms with van der Waals surface area (Å²) in [6.45, 7) is 4.53. The molecule has 0 saturated carbocycles. The molecular formula is C21H24N4O4. The first-order chi connectivity index (χ1) is 14.2. The Balaban J connectivity index is 1.25. The van der Waals surface area contributed by atoms with Crippen molar-refractivity contribution in [3.05, 3.63) is 48.6 Å². The number of benzene rings is 1. The van der Waals surface area contributed by atoms with Crippen LogP contribution in [0.25, 0.3) is 11.7 Å². The van der Waals surface area contributed by atoms with Gasteiger partial charge in [-0.05, 0) is 69.3 Å². The molecule has 0 spiro atoms. The molecule has 0 radical (unpaired) electrons. The molecule has 4 rings (SSSR count). The van der Waals surface area contributed by atoms with Crippen LogP contribution in [0, 0.1) is 0 Å². The maximum absolute atomic E-state index is 12.3. The molecule has 3 aromatic rings. The van der Waals surface area contributed by atoms with Crippen LogP contribution in [0.1, 0.15) is 31.6 Å². The molecule has 1 fully saturated rings. The topological polar surface area (TPSA) is 93.6 Å². The lowest BCUT2D eigenvalue weighted by atomic mass is 9.97. The third kappa shape index (κ3) is 4.83. The smallest absolute Gasteiger partial charge is 0.283 e. The van der Waals surface area contributed by atoms with Gasteiger partial charge in [-0.15, -0.1) is 10.2 Å². The Labute approximate surface area is 168 Å². The Bertz CT molecular complexity index is 913. The standard InChI is InChI=1S/C21H24N4O4/c1-2-27-17-7-5-16(6-8-17)22-19(26)14-25-11-9-15(10-12-25)20-23-24-21(29-20)18-4-3-13-28-18/h3-8,13,15H,2,9-12,14H2,1H3,(H,22,26). The number of amides is 1. The first-order valence-corrected chi connectivity index (χ1v) is 9.83. The third-order valence-electron chi connectivity index (χ3n) is 4.93. The van der Waals surface area contributed by atoms with Gasteiger partial charge in [0.1, 0.15) is 5.75 Å². The highest BCUT2D eigenvalue weighted by Crippen LogP contribution is 2.29. The fourth-order valence-corrected chi connectivity index (χ4v) is 3.44. The number of likely N-dealkylation sites (tertiary alicyclic amines) is 1. The predicted molar refractivity (Wildman–Crippen MR) is 107 cm³/mol. The van der Waals surface area contributed by atoms with Crippen LogP contribution >= 0.6 is 0 Å². The van der Waals surface area contributed by atoms with E-state index in [4.69, 9.17) is 13.6 Å². The molecule has 152 valence electrons. The Morgan fingerprint density at radius 2 is 2.00 bits per heavy atom. The van der Waals surface area contributed by atoms with Gasteiger partial charge in [0.15, 0.2) is 5.76 Å². The zero-order chi connectivity index (χ0) is 20.1. The minimum absolute atomic E-state index is 0.0227. The lowest BCUT2D eigenvalue weighted by molar-refractivity contribution is -0.117. The van der Waals surface area contributed by atoms with Gasteiger partial charge >= 0.3 is 0 Å². The summed E-state index contributed by atoms with van der Waals surface area (Å²) in [6.07, 6.45) is 3.32. The molecule has 0 unspecified atom stereocenters. The van der Waals surface area contributed by atoms with E-state index in [-0.39, 0.29) is 11.8 Å². The van der Waals surface area contributed by atoms with E-state index in [1.54, 1.807) is 18.4 Å². The van der Waals surface area contributed by atoms with Gasteiger partial charge in [-0.2, -0.15) is 0 Å². The van der Waals surface area contributed by atoms with Crippen molar-refractivity contribution < 1.29 is 18.4 Å². The number of piperidine rings is 1. The molecule has 29 heavy (non-hydrogen) atoms. The van der Waals surface area contributed by atoms with Crippen LogP contribution in [-0.2, 0) is 4.79 Å². The maximum Gasteiger partial charge on any atom is 0.283 e. The lowest BCUT2D eigenvalue weighted by Crippen LogP contribution is -2.38. The van der Waals surface area contributed by atoms with Crippen molar-refractivity contribution >= 4 is 11.6 Å². The number of anilines is 1. The summed E-state index contributed by atoms with van der Waals surface area (Å²) in [7, 11) is 0. The summed E-state index contributed by atoms with van der Waals surface area (Å²) < 4.78 is 16.5. The average molecular weight is 396 g/mol. The molecule has 3 heterocycles. The molecule has 1 saturated heterocycles. The monoisotopic (exact) mass is 396 g/mol. The summed E-state index contributed by atoms with van der Waals surface area (Å²) in [5, 5.41) is 11.2. The van der Waals surface area contributed by atoms with E-state index < -0.39 is 0 Å². The van der Waals surface area contributed by atoms with Crippen molar-refractivity contribution in [2.45, 2.75) is 25.7 Å². The molecule has 1 aromatic carbocycles. The van der Waals surface area contributed by atoms with Crippen molar-refractivity contribution in [1.29, 1.82) is 0 Å². The number of hydrogen-bond donors (Lipinski definition) is 1. The highest BCUT2D eigenvalue weighted by atomic mass is 16.5. The summed E-state index contributed by atoms with van der Waals surface area (Å²) in [5.74, 6) is 2.59. The number of carbonyl (C=O) groups is 1. The van der Waals surface area contributed by atoms with E-state index in [9.17, 15) is 4.79 Å². The summed E-state index contributed by atoms with van der Waals surface area (Å²) in [4.78, 5) is 14.5. The number of nitrogens with one attached hydrogen (secondary N) is 1. The SMILES string of the molecule is CCOc1ccc(NC(=O)CN2CCC(c3nnc(-c4ccco4)o3)CC2)cc1. The number of ether oxygens (including phenoxy) is 1. The number of furan rings is 1. The number of aromatic nitrogens is 2. The summed E-state index contributed by atoms with van der Waals surface area (Å²) in [5.41, 5.74) is 0.768. The van der Waals surface area contributed by atoms with Crippen LogP contribution in [-0.4, -0.2) is 47.2 Å². The molecule has 8 nitrogen and oxygen atoms in total. The van der Waals surface area contributed by atoms with E-state index in [2.05, 4.69) is 20.4 Å². The van der Waals surface area contributed by atoms with Crippen LogP contribution in [0.3, 0.4) is 0 Å². The maximum atomic E-state index is 12.3. The minimum Gasteiger partial charge on any atom is -0.494 e. The highest BCUT2D eigenvalue weighted by molar-refractivity contribution is 5.92. The third-order valence-corrected chi connectivity index (χ3v) is 4.93. The van der Waals surface area contributed by atoms with Gasteiger partial charge in [-0.3, -0.25) is 9.69 Å². The van der Waals surface area contributed by atoms with Gasteiger partial charge in [-0.25, -0.2) is 0 Å². The van der Waals surface area contributed by atoms with Gasteiger partial charge in [0.05, 0.1) is 19.4 Å². The van der Waals surface area contributed by atoms with Crippen LogP contribution in [0.4, 0.5) is 5.69 Å². The Hall–Kier alpha value is -3.13. The first kappa shape index (κ1) is 19.2. The summed E-state index contributed by atoms with van der Waals surface area (Å²) >= 11 is 0. The van der Waals surface area contributed by atoms with E-state index in [1.807, 2.05) is 31.2 Å². The molecular weight excluding hydrogens is 372 g/mol. The van der Waals surface area contributed by atoms with Crippen molar-refractivity contribution in [3.63, 3.8) is 0 Å². The molecule has 1 aliphatic heterocycles. The van der Waals surface area contributed by atoms with Crippen LogP contribution in [0.2, 0.25) is 0 Å². The molecule has 1 amide bonds. The second kappa shape index (κ2) is 8.91. The van der Waals surface area contributed by atoms with Gasteiger partial charge in [0, 0.05) is 11.6 Å². The minimum atomic E-state index is -0.0227.